The van der Waals surface area contributed by atoms with Gasteiger partial charge in [-0.25, -0.2) is 4.79 Å². The van der Waals surface area contributed by atoms with Gasteiger partial charge in [-0.15, -0.1) is 0 Å². The molecular weight excluding hydrogens is 440 g/mol. The largest absolute Gasteiger partial charge is 0.447 e. The molecular formula is C24H44N4O4S. The maximum Gasteiger partial charge on any atom is 0.408 e. The van der Waals surface area contributed by atoms with Crippen LogP contribution in [0.15, 0.2) is 0 Å². The van der Waals surface area contributed by atoms with Crippen molar-refractivity contribution in [3.8, 4) is 0 Å². The third-order valence-corrected chi connectivity index (χ3v) is 7.70. The lowest BCUT2D eigenvalue weighted by molar-refractivity contribution is -0.140. The summed E-state index contributed by atoms with van der Waals surface area (Å²) in [6.45, 7) is 12.7. The van der Waals surface area contributed by atoms with E-state index in [1.807, 2.05) is 13.8 Å². The number of rotatable bonds is 9. The van der Waals surface area contributed by atoms with E-state index in [1.165, 1.54) is 0 Å². The quantitative estimate of drug-likeness (QED) is 0.464. The molecule has 0 bridgehead atoms. The van der Waals surface area contributed by atoms with Gasteiger partial charge in [0, 0.05) is 23.9 Å². The summed E-state index contributed by atoms with van der Waals surface area (Å²) in [6, 6.07) is -1.03. The van der Waals surface area contributed by atoms with E-state index >= 15 is 0 Å². The van der Waals surface area contributed by atoms with Gasteiger partial charge in [0.15, 0.2) is 0 Å². The van der Waals surface area contributed by atoms with Crippen LogP contribution in [-0.2, 0) is 14.3 Å². The predicted molar refractivity (Wildman–Crippen MR) is 133 cm³/mol. The topological polar surface area (TPSA) is 114 Å². The summed E-state index contributed by atoms with van der Waals surface area (Å²) in [6.07, 6.45) is 4.54. The molecule has 2 aliphatic rings. The smallest absolute Gasteiger partial charge is 0.408 e. The lowest BCUT2D eigenvalue weighted by atomic mass is 9.86. The van der Waals surface area contributed by atoms with Crippen LogP contribution in [0, 0.1) is 5.92 Å². The molecule has 3 amide bonds. The van der Waals surface area contributed by atoms with Gasteiger partial charge < -0.3 is 26.0 Å². The molecule has 0 aromatic carbocycles. The monoisotopic (exact) mass is 484 g/mol. The molecule has 2 rings (SSSR count). The maximum absolute atomic E-state index is 13.7. The number of hydrogen-bond acceptors (Lipinski definition) is 6. The highest BCUT2D eigenvalue weighted by Crippen LogP contribution is 2.34. The van der Waals surface area contributed by atoms with Crippen molar-refractivity contribution in [3.63, 3.8) is 0 Å². The van der Waals surface area contributed by atoms with Crippen LogP contribution in [-0.4, -0.2) is 70.1 Å². The summed E-state index contributed by atoms with van der Waals surface area (Å²) in [5.41, 5.74) is 5.99. The average molecular weight is 485 g/mol. The average Bonchev–Trinajstić information content (AvgIpc) is 3.19. The Morgan fingerprint density at radius 1 is 1.09 bits per heavy atom. The van der Waals surface area contributed by atoms with Gasteiger partial charge in [0.2, 0.25) is 11.8 Å². The lowest BCUT2D eigenvalue weighted by Gasteiger charge is -2.38. The Bertz CT molecular complexity index is 677. The summed E-state index contributed by atoms with van der Waals surface area (Å²) >= 11 is 1.62. The highest BCUT2D eigenvalue weighted by molar-refractivity contribution is 8.01. The zero-order valence-electron chi connectivity index (χ0n) is 21.2. The van der Waals surface area contributed by atoms with E-state index < -0.39 is 22.9 Å². The van der Waals surface area contributed by atoms with E-state index in [1.54, 1.807) is 30.5 Å². The number of alkyl carbamates (subject to hydrolysis) is 1. The highest BCUT2D eigenvalue weighted by Gasteiger charge is 2.44. The van der Waals surface area contributed by atoms with Crippen LogP contribution >= 0.6 is 11.8 Å². The second-order valence-electron chi connectivity index (χ2n) is 10.5. The van der Waals surface area contributed by atoms with Gasteiger partial charge in [-0.3, -0.25) is 9.59 Å². The van der Waals surface area contributed by atoms with Crippen molar-refractivity contribution in [1.29, 1.82) is 0 Å². The lowest BCUT2D eigenvalue weighted by Crippen LogP contribution is -2.60. The Kier molecular flexibility index (Phi) is 10.3. The van der Waals surface area contributed by atoms with E-state index in [4.69, 9.17) is 10.5 Å². The van der Waals surface area contributed by atoms with Crippen molar-refractivity contribution < 1.29 is 19.1 Å². The van der Waals surface area contributed by atoms with Gasteiger partial charge >= 0.3 is 6.09 Å². The van der Waals surface area contributed by atoms with Crippen molar-refractivity contribution in [2.45, 2.75) is 114 Å². The Morgan fingerprint density at radius 3 is 2.30 bits per heavy atom. The maximum atomic E-state index is 13.7. The van der Waals surface area contributed by atoms with Gasteiger partial charge in [0.1, 0.15) is 12.1 Å². The van der Waals surface area contributed by atoms with Crippen LogP contribution in [0.1, 0.15) is 80.1 Å². The first kappa shape index (κ1) is 27.8. The number of nitrogens with zero attached hydrogens (tertiary/aromatic N) is 1. The molecule has 2 atom stereocenters. The zero-order chi connectivity index (χ0) is 24.8. The molecule has 9 heteroatoms. The fourth-order valence-corrected chi connectivity index (χ4v) is 6.31. The number of carbonyl (C=O) groups excluding carboxylic acids is 3. The molecule has 0 aromatic rings. The number of amides is 3. The van der Waals surface area contributed by atoms with Crippen LogP contribution in [0.4, 0.5) is 4.79 Å². The Hall–Kier alpha value is -1.48. The number of nitrogens with one attached hydrogen (secondary N) is 2. The second-order valence-corrected chi connectivity index (χ2v) is 12.7. The predicted octanol–water partition coefficient (Wildman–Crippen LogP) is 3.03. The summed E-state index contributed by atoms with van der Waals surface area (Å²) < 4.78 is 4.69. The van der Waals surface area contributed by atoms with Crippen molar-refractivity contribution >= 4 is 29.7 Å². The fraction of sp³-hybridized carbons (Fsp3) is 0.875. The number of carbonyl (C=O) groups is 3. The van der Waals surface area contributed by atoms with Crippen LogP contribution in [0.2, 0.25) is 0 Å². The minimum Gasteiger partial charge on any atom is -0.447 e. The molecule has 1 aliphatic heterocycles. The Balaban J connectivity index is 2.09. The molecule has 0 aromatic heterocycles. The molecule has 4 N–H and O–H groups in total. The molecule has 0 unspecified atom stereocenters. The molecule has 1 heterocycles. The first-order valence-corrected chi connectivity index (χ1v) is 13.3. The van der Waals surface area contributed by atoms with Crippen LogP contribution in [0.3, 0.4) is 0 Å². The second kappa shape index (κ2) is 12.3. The molecule has 1 saturated heterocycles. The minimum atomic E-state index is -0.801. The van der Waals surface area contributed by atoms with Crippen molar-refractivity contribution in [2.75, 3.05) is 13.1 Å². The van der Waals surface area contributed by atoms with Crippen LogP contribution in [0.25, 0.3) is 0 Å². The number of thioether (sulfide) groups is 1. The van der Waals surface area contributed by atoms with Gasteiger partial charge in [0.05, 0.1) is 6.10 Å². The van der Waals surface area contributed by atoms with E-state index in [9.17, 15) is 14.4 Å². The van der Waals surface area contributed by atoms with Gasteiger partial charge in [-0.1, -0.05) is 13.8 Å². The molecule has 1 saturated carbocycles. The number of nitrogens with two attached hydrogens (primary N) is 1. The van der Waals surface area contributed by atoms with E-state index in [0.717, 1.165) is 32.1 Å². The fourth-order valence-electron chi connectivity index (χ4n) is 4.80. The molecule has 33 heavy (non-hydrogen) atoms. The van der Waals surface area contributed by atoms with E-state index in [-0.39, 0.29) is 29.2 Å². The van der Waals surface area contributed by atoms with Crippen LogP contribution < -0.4 is 16.4 Å². The van der Waals surface area contributed by atoms with Crippen LogP contribution in [0.5, 0.6) is 0 Å². The highest BCUT2D eigenvalue weighted by atomic mass is 32.2. The normalized spacial score (nSPS) is 24.6. The molecule has 0 radical (unpaired) electrons. The Morgan fingerprint density at radius 2 is 1.73 bits per heavy atom. The number of likely N-dealkylation sites (tertiary alicyclic amines) is 1. The third-order valence-electron chi connectivity index (χ3n) is 6.38. The first-order chi connectivity index (χ1) is 15.4. The Labute approximate surface area is 203 Å². The van der Waals surface area contributed by atoms with Crippen molar-refractivity contribution in [2.24, 2.45) is 11.7 Å². The molecule has 8 nitrogen and oxygen atoms in total. The summed E-state index contributed by atoms with van der Waals surface area (Å²) in [4.78, 5) is 40.8. The third kappa shape index (κ3) is 8.35. The minimum absolute atomic E-state index is 0.103. The first-order valence-electron chi connectivity index (χ1n) is 12.4. The molecule has 190 valence electrons. The molecule has 0 spiro atoms. The van der Waals surface area contributed by atoms with Gasteiger partial charge in [-0.2, -0.15) is 11.8 Å². The summed E-state index contributed by atoms with van der Waals surface area (Å²) in [5.74, 6) is 0.115. The number of ether oxygens (including phenoxy) is 1. The van der Waals surface area contributed by atoms with Crippen molar-refractivity contribution in [1.82, 2.24) is 15.5 Å². The van der Waals surface area contributed by atoms with E-state index in [2.05, 4.69) is 24.5 Å². The number of hydrogen-bond donors (Lipinski definition) is 3. The van der Waals surface area contributed by atoms with Gasteiger partial charge in [0.25, 0.3) is 0 Å². The molecule has 1 aliphatic carbocycles. The standard InChI is InChI=1S/C24H44N4O4S/c1-15(2)32-23(31)27-20(24(5,6)33-16(3)4)22(30)28-13-7-8-19(28)21(29)26-14-17-9-11-18(25)12-10-17/h15-20H,7-14,25H2,1-6H3,(H,26,29)(H,27,31)/t17-,18-,19-,20-/m0/s1. The molecule has 2 fully saturated rings. The summed E-state index contributed by atoms with van der Waals surface area (Å²) in [5, 5.41) is 6.14. The summed E-state index contributed by atoms with van der Waals surface area (Å²) in [7, 11) is 0. The van der Waals surface area contributed by atoms with Gasteiger partial charge in [-0.05, 0) is 77.4 Å². The SMILES string of the molecule is CC(C)OC(=O)N[C@@H](C(=O)N1CCC[C@H]1C(=O)NC[C@H]1CC[C@H](N)CC1)C(C)(C)SC(C)C. The zero-order valence-corrected chi connectivity index (χ0v) is 22.0. The van der Waals surface area contributed by atoms with Crippen molar-refractivity contribution in [3.05, 3.63) is 0 Å². The van der Waals surface area contributed by atoms with E-state index in [0.29, 0.717) is 25.4 Å².